The molecule has 2 aromatic rings. The summed E-state index contributed by atoms with van der Waals surface area (Å²) in [6, 6.07) is 1.36. The molecule has 2 aliphatic rings. The predicted octanol–water partition coefficient (Wildman–Crippen LogP) is 2.87. The number of piperazine rings is 1. The lowest BCUT2D eigenvalue weighted by molar-refractivity contribution is -0.107. The minimum atomic E-state index is -4.82. The average Bonchev–Trinajstić information content (AvgIpc) is 2.70. The highest BCUT2D eigenvalue weighted by molar-refractivity contribution is 7.89. The van der Waals surface area contributed by atoms with Crippen LogP contribution in [-0.2, 0) is 16.4 Å². The van der Waals surface area contributed by atoms with Crippen LogP contribution >= 0.6 is 11.6 Å². The molecule has 13 heteroatoms. The molecule has 8 nitrogen and oxygen atoms in total. The number of benzene rings is 1. The molecule has 1 fully saturated rings. The molecule has 1 unspecified atom stereocenters. The van der Waals surface area contributed by atoms with Gasteiger partial charge in [-0.2, -0.15) is 17.5 Å². The van der Waals surface area contributed by atoms with Crippen molar-refractivity contribution in [2.45, 2.75) is 32.0 Å². The molecule has 2 aliphatic heterocycles. The maximum atomic E-state index is 12.8. The number of carbonyl (C=O) groups is 1. The fourth-order valence-electron chi connectivity index (χ4n) is 4.62. The van der Waals surface area contributed by atoms with E-state index in [2.05, 4.69) is 0 Å². The van der Waals surface area contributed by atoms with Crippen molar-refractivity contribution in [1.29, 1.82) is 0 Å². The van der Waals surface area contributed by atoms with Crippen LogP contribution in [0.4, 0.5) is 18.9 Å². The summed E-state index contributed by atoms with van der Waals surface area (Å²) in [7, 11) is -4.48. The molecule has 0 amide bonds. The Morgan fingerprint density at radius 3 is 2.45 bits per heavy atom. The number of hydrogen-bond acceptors (Lipinski definition) is 5. The zero-order chi connectivity index (χ0) is 24.3. The Kier molecular flexibility index (Phi) is 5.90. The van der Waals surface area contributed by atoms with Crippen LogP contribution in [0.5, 0.6) is 0 Å². The zero-order valence-corrected chi connectivity index (χ0v) is 19.1. The Morgan fingerprint density at radius 2 is 1.88 bits per heavy atom. The van der Waals surface area contributed by atoms with Crippen LogP contribution in [0.1, 0.15) is 35.3 Å². The molecule has 1 aromatic heterocycles. The van der Waals surface area contributed by atoms with E-state index in [9.17, 15) is 36.3 Å². The molecule has 33 heavy (non-hydrogen) atoms. The minimum absolute atomic E-state index is 0.0583. The normalized spacial score (nSPS) is 19.8. The largest absolute Gasteiger partial charge is 0.477 e. The van der Waals surface area contributed by atoms with Crippen molar-refractivity contribution in [3.05, 3.63) is 38.6 Å². The van der Waals surface area contributed by atoms with Gasteiger partial charge in [-0.15, -0.1) is 0 Å². The fourth-order valence-corrected chi connectivity index (χ4v) is 6.28. The van der Waals surface area contributed by atoms with Crippen molar-refractivity contribution < 1.29 is 31.5 Å². The van der Waals surface area contributed by atoms with Crippen LogP contribution in [0.3, 0.4) is 0 Å². The molecule has 1 saturated heterocycles. The monoisotopic (exact) mass is 507 g/mol. The van der Waals surface area contributed by atoms with Gasteiger partial charge < -0.3 is 14.6 Å². The van der Waals surface area contributed by atoms with E-state index >= 15 is 0 Å². The first-order chi connectivity index (χ1) is 15.3. The second-order valence-corrected chi connectivity index (χ2v) is 10.7. The molecule has 1 N–H and O–H groups in total. The maximum Gasteiger partial charge on any atom is 0.404 e. The predicted molar refractivity (Wildman–Crippen MR) is 117 cm³/mol. The Labute approximate surface area is 192 Å². The molecule has 1 atom stereocenters. The third kappa shape index (κ3) is 4.31. The first kappa shape index (κ1) is 23.8. The van der Waals surface area contributed by atoms with Gasteiger partial charge >= 0.3 is 12.1 Å². The van der Waals surface area contributed by atoms with E-state index < -0.39 is 33.4 Å². The van der Waals surface area contributed by atoms with Crippen LogP contribution in [0, 0.1) is 0 Å². The van der Waals surface area contributed by atoms with Crippen LogP contribution in [0.15, 0.2) is 17.1 Å². The number of halogens is 4. The van der Waals surface area contributed by atoms with Gasteiger partial charge in [-0.05, 0) is 25.8 Å². The van der Waals surface area contributed by atoms with Crippen LogP contribution in [0.25, 0.3) is 10.9 Å². The SMILES string of the molecule is CC1CCc2c(N3CCN(S(=O)(=O)CC(F)(F)F)CC3)c(Cl)cc3c(=O)c(C(=O)O)cn1c23. The molecule has 3 heterocycles. The van der Waals surface area contributed by atoms with Crippen LogP contribution in [-0.4, -0.2) is 66.5 Å². The van der Waals surface area contributed by atoms with Crippen molar-refractivity contribution >= 4 is 44.2 Å². The lowest BCUT2D eigenvalue weighted by Gasteiger charge is -2.38. The number of anilines is 1. The van der Waals surface area contributed by atoms with Crippen molar-refractivity contribution in [3.63, 3.8) is 0 Å². The highest BCUT2D eigenvalue weighted by Gasteiger charge is 2.40. The van der Waals surface area contributed by atoms with E-state index in [4.69, 9.17) is 11.6 Å². The number of carboxylic acids is 1. The summed E-state index contributed by atoms with van der Waals surface area (Å²) in [6.45, 7) is 1.91. The van der Waals surface area contributed by atoms with E-state index in [0.29, 0.717) is 24.0 Å². The van der Waals surface area contributed by atoms with Gasteiger partial charge in [0.25, 0.3) is 0 Å². The van der Waals surface area contributed by atoms with Crippen LogP contribution < -0.4 is 10.3 Å². The summed E-state index contributed by atoms with van der Waals surface area (Å²) in [5, 5.41) is 9.83. The van der Waals surface area contributed by atoms with Gasteiger partial charge in [-0.1, -0.05) is 11.6 Å². The second kappa shape index (κ2) is 8.17. The Bertz CT molecular complexity index is 1300. The molecule has 0 saturated carbocycles. The first-order valence-corrected chi connectivity index (χ1v) is 12.2. The summed E-state index contributed by atoms with van der Waals surface area (Å²) < 4.78 is 64.7. The number of nitrogens with zero attached hydrogens (tertiary/aromatic N) is 3. The van der Waals surface area contributed by atoms with Crippen molar-refractivity contribution in [2.24, 2.45) is 0 Å². The van der Waals surface area contributed by atoms with Crippen LogP contribution in [0.2, 0.25) is 5.02 Å². The smallest absolute Gasteiger partial charge is 0.404 e. The van der Waals surface area contributed by atoms with Gasteiger partial charge in [-0.25, -0.2) is 13.2 Å². The van der Waals surface area contributed by atoms with Gasteiger partial charge in [0.15, 0.2) is 5.75 Å². The molecule has 1 aromatic carbocycles. The summed E-state index contributed by atoms with van der Waals surface area (Å²) in [4.78, 5) is 26.2. The molecule has 180 valence electrons. The van der Waals surface area contributed by atoms with E-state index in [1.54, 1.807) is 4.57 Å². The number of aromatic nitrogens is 1. The quantitative estimate of drug-likeness (QED) is 0.683. The van der Waals surface area contributed by atoms with E-state index in [0.717, 1.165) is 9.87 Å². The topological polar surface area (TPSA) is 99.9 Å². The number of hydrogen-bond donors (Lipinski definition) is 1. The van der Waals surface area contributed by atoms with Crippen molar-refractivity contribution in [3.8, 4) is 0 Å². The molecule has 0 spiro atoms. The minimum Gasteiger partial charge on any atom is -0.477 e. The molecular formula is C20H21ClF3N3O5S. The Hall–Kier alpha value is -2.31. The third-order valence-electron chi connectivity index (χ3n) is 6.15. The van der Waals surface area contributed by atoms with Crippen molar-refractivity contribution in [2.75, 3.05) is 36.8 Å². The zero-order valence-electron chi connectivity index (χ0n) is 17.5. The highest BCUT2D eigenvalue weighted by atomic mass is 35.5. The van der Waals surface area contributed by atoms with Gasteiger partial charge in [-0.3, -0.25) is 4.79 Å². The summed E-state index contributed by atoms with van der Waals surface area (Å²) in [5.74, 6) is -3.24. The second-order valence-electron chi connectivity index (χ2n) is 8.31. The molecular weight excluding hydrogens is 487 g/mol. The average molecular weight is 508 g/mol. The van der Waals surface area contributed by atoms with Gasteiger partial charge in [0.1, 0.15) is 5.56 Å². The lowest BCUT2D eigenvalue weighted by atomic mass is 9.93. The molecule has 0 bridgehead atoms. The number of pyridine rings is 1. The fraction of sp³-hybridized carbons (Fsp3) is 0.500. The molecule has 0 aliphatic carbocycles. The number of aryl methyl sites for hydroxylation is 1. The first-order valence-electron chi connectivity index (χ1n) is 10.2. The van der Waals surface area contributed by atoms with Crippen molar-refractivity contribution in [1.82, 2.24) is 8.87 Å². The Morgan fingerprint density at radius 1 is 1.24 bits per heavy atom. The number of alkyl halides is 3. The highest BCUT2D eigenvalue weighted by Crippen LogP contribution is 2.41. The Balaban J connectivity index is 1.74. The van der Waals surface area contributed by atoms with Gasteiger partial charge in [0, 0.05) is 49.4 Å². The number of aromatic carboxylic acids is 1. The number of sulfonamides is 1. The molecule has 4 rings (SSSR count). The molecule has 0 radical (unpaired) electrons. The van der Waals surface area contributed by atoms with Gasteiger partial charge in [0.05, 0.1) is 16.2 Å². The standard InChI is InChI=1S/C20H21ClF3N3O5S/c1-11-2-3-12-16-13(18(28)14(19(29)30)9-27(11)16)8-15(21)17(12)25-4-6-26(7-5-25)33(31,32)10-20(22,23)24/h8-9,11H,2-7,10H2,1H3,(H,29,30). The maximum absolute atomic E-state index is 12.8. The lowest BCUT2D eigenvalue weighted by Crippen LogP contribution is -2.50. The van der Waals surface area contributed by atoms with Gasteiger partial charge in [0.2, 0.25) is 15.5 Å². The summed E-state index contributed by atoms with van der Waals surface area (Å²) in [6.07, 6.45) is -2.26. The number of rotatable bonds is 4. The van der Waals surface area contributed by atoms with E-state index in [1.165, 1.54) is 12.3 Å². The third-order valence-corrected chi connectivity index (χ3v) is 8.28. The number of carboxylic acid groups (broad SMARTS) is 1. The van der Waals surface area contributed by atoms with E-state index in [-0.39, 0.29) is 48.2 Å². The van der Waals surface area contributed by atoms with E-state index in [1.807, 2.05) is 11.8 Å². The summed E-state index contributed by atoms with van der Waals surface area (Å²) in [5.41, 5.74) is 0.932. The summed E-state index contributed by atoms with van der Waals surface area (Å²) >= 11 is 6.53.